The van der Waals surface area contributed by atoms with Crippen LogP contribution in [0.2, 0.25) is 0 Å². The van der Waals surface area contributed by atoms with Gasteiger partial charge in [0.1, 0.15) is 23.0 Å². The Balaban J connectivity index is 2.04. The number of carbonyl (C=O) groups excluding carboxylic acids is 2. The second-order valence-electron chi connectivity index (χ2n) is 8.42. The Morgan fingerprint density at radius 2 is 1.59 bits per heavy atom. The maximum atomic E-state index is 13.3. The van der Waals surface area contributed by atoms with Gasteiger partial charge in [-0.05, 0) is 73.4 Å². The molecule has 1 amide bonds. The molecule has 0 aliphatic carbocycles. The van der Waals surface area contributed by atoms with Crippen LogP contribution >= 0.6 is 0 Å². The van der Waals surface area contributed by atoms with E-state index in [4.69, 9.17) is 4.74 Å². The minimum atomic E-state index is -1.04. The SMILES string of the molecule is COc1c(C)cc(C)cc1/C(O)=C1\C(=O)C(=O)N(c2cc(C)ccc2O)C1c1ccc(O)cc1. The van der Waals surface area contributed by atoms with Gasteiger partial charge in [-0.2, -0.15) is 0 Å². The number of phenolic OH excluding ortho intramolecular Hbond substituents is 2. The Kier molecular flexibility index (Phi) is 5.79. The molecule has 0 bridgehead atoms. The summed E-state index contributed by atoms with van der Waals surface area (Å²) in [6, 6.07) is 13.3. The van der Waals surface area contributed by atoms with Gasteiger partial charge < -0.3 is 20.1 Å². The summed E-state index contributed by atoms with van der Waals surface area (Å²) >= 11 is 0. The van der Waals surface area contributed by atoms with Crippen LogP contribution in [0.1, 0.15) is 33.9 Å². The van der Waals surface area contributed by atoms with Crippen LogP contribution in [0.25, 0.3) is 5.76 Å². The Morgan fingerprint density at radius 3 is 2.24 bits per heavy atom. The van der Waals surface area contributed by atoms with Crippen molar-refractivity contribution in [2.75, 3.05) is 12.0 Å². The van der Waals surface area contributed by atoms with Crippen molar-refractivity contribution < 1.29 is 29.6 Å². The van der Waals surface area contributed by atoms with E-state index >= 15 is 0 Å². The number of aliphatic hydroxyl groups excluding tert-OH is 1. The molecule has 1 fully saturated rings. The lowest BCUT2D eigenvalue weighted by Crippen LogP contribution is -2.29. The molecule has 0 radical (unpaired) electrons. The molecule has 1 saturated heterocycles. The fourth-order valence-corrected chi connectivity index (χ4v) is 4.43. The van der Waals surface area contributed by atoms with Crippen molar-refractivity contribution in [3.05, 3.63) is 88.0 Å². The zero-order valence-corrected chi connectivity index (χ0v) is 19.3. The van der Waals surface area contributed by atoms with Crippen LogP contribution in [0, 0.1) is 20.8 Å². The van der Waals surface area contributed by atoms with Crippen molar-refractivity contribution in [3.8, 4) is 17.2 Å². The molecule has 0 spiro atoms. The summed E-state index contributed by atoms with van der Waals surface area (Å²) in [5, 5.41) is 31.8. The van der Waals surface area contributed by atoms with E-state index in [1.807, 2.05) is 19.9 Å². The lowest BCUT2D eigenvalue weighted by molar-refractivity contribution is -0.132. The summed E-state index contributed by atoms with van der Waals surface area (Å²) < 4.78 is 5.50. The third-order valence-corrected chi connectivity index (χ3v) is 5.92. The van der Waals surface area contributed by atoms with Gasteiger partial charge in [0.2, 0.25) is 0 Å². The number of methoxy groups -OCH3 is 1. The number of aromatic hydroxyl groups is 2. The van der Waals surface area contributed by atoms with Crippen LogP contribution in [0.4, 0.5) is 5.69 Å². The van der Waals surface area contributed by atoms with E-state index < -0.39 is 17.7 Å². The summed E-state index contributed by atoms with van der Waals surface area (Å²) in [7, 11) is 1.47. The lowest BCUT2D eigenvalue weighted by atomic mass is 9.93. The maximum Gasteiger partial charge on any atom is 0.300 e. The number of benzene rings is 3. The fraction of sp³-hybridized carbons (Fsp3) is 0.185. The lowest BCUT2D eigenvalue weighted by Gasteiger charge is -2.26. The summed E-state index contributed by atoms with van der Waals surface area (Å²) in [6.07, 6.45) is 0. The fourth-order valence-electron chi connectivity index (χ4n) is 4.43. The number of Topliss-reactive ketones (excluding diaryl/α,β-unsaturated/α-hetero) is 1. The standard InChI is InChI=1S/C27H25NO6/c1-14-5-10-21(30)20(13-14)28-23(17-6-8-18(29)9-7-17)22(25(32)27(28)33)24(31)19-12-15(2)11-16(3)26(19)34-4/h5-13,23,29-31H,1-4H3/b24-22+. The summed E-state index contributed by atoms with van der Waals surface area (Å²) in [5.74, 6) is -1.94. The molecule has 1 unspecified atom stereocenters. The number of anilines is 1. The summed E-state index contributed by atoms with van der Waals surface area (Å²) in [4.78, 5) is 27.8. The molecule has 1 aliphatic heterocycles. The highest BCUT2D eigenvalue weighted by Crippen LogP contribution is 2.46. The van der Waals surface area contributed by atoms with E-state index in [0.717, 1.165) is 16.7 Å². The van der Waals surface area contributed by atoms with Crippen molar-refractivity contribution in [2.45, 2.75) is 26.8 Å². The number of ketones is 1. The van der Waals surface area contributed by atoms with Gasteiger partial charge in [0.15, 0.2) is 0 Å². The van der Waals surface area contributed by atoms with Gasteiger partial charge in [0, 0.05) is 0 Å². The largest absolute Gasteiger partial charge is 0.508 e. The third kappa shape index (κ3) is 3.75. The van der Waals surface area contributed by atoms with Crippen LogP contribution in [0.5, 0.6) is 17.2 Å². The van der Waals surface area contributed by atoms with E-state index in [1.165, 1.54) is 30.2 Å². The maximum absolute atomic E-state index is 13.3. The van der Waals surface area contributed by atoms with Crippen molar-refractivity contribution in [2.24, 2.45) is 0 Å². The van der Waals surface area contributed by atoms with Gasteiger partial charge in [-0.15, -0.1) is 0 Å². The minimum absolute atomic E-state index is 0.00934. The Labute approximate surface area is 197 Å². The first-order valence-electron chi connectivity index (χ1n) is 10.7. The van der Waals surface area contributed by atoms with E-state index in [9.17, 15) is 24.9 Å². The molecular formula is C27H25NO6. The molecule has 1 heterocycles. The highest BCUT2D eigenvalue weighted by atomic mass is 16.5. The minimum Gasteiger partial charge on any atom is -0.508 e. The monoisotopic (exact) mass is 459 g/mol. The Hall–Kier alpha value is -4.26. The van der Waals surface area contributed by atoms with Crippen molar-refractivity contribution in [1.29, 1.82) is 0 Å². The topological polar surface area (TPSA) is 107 Å². The number of phenols is 2. The summed E-state index contributed by atoms with van der Waals surface area (Å²) in [6.45, 7) is 5.48. The van der Waals surface area contributed by atoms with Crippen molar-refractivity contribution in [1.82, 2.24) is 0 Å². The molecule has 174 valence electrons. The molecule has 1 atom stereocenters. The molecule has 1 aliphatic rings. The van der Waals surface area contributed by atoms with Gasteiger partial charge in [-0.1, -0.05) is 24.3 Å². The number of hydrogen-bond acceptors (Lipinski definition) is 6. The highest BCUT2D eigenvalue weighted by molar-refractivity contribution is 6.52. The van der Waals surface area contributed by atoms with Crippen LogP contribution in [0.3, 0.4) is 0 Å². The summed E-state index contributed by atoms with van der Waals surface area (Å²) in [5.41, 5.74) is 3.14. The quantitative estimate of drug-likeness (QED) is 0.298. The number of rotatable bonds is 4. The van der Waals surface area contributed by atoms with Crippen molar-refractivity contribution in [3.63, 3.8) is 0 Å². The zero-order valence-electron chi connectivity index (χ0n) is 19.3. The van der Waals surface area contributed by atoms with Gasteiger partial charge in [-0.25, -0.2) is 0 Å². The number of hydrogen-bond donors (Lipinski definition) is 3. The number of carbonyl (C=O) groups is 2. The van der Waals surface area contributed by atoms with Crippen molar-refractivity contribution >= 4 is 23.1 Å². The van der Waals surface area contributed by atoms with Crippen LogP contribution in [0.15, 0.2) is 60.2 Å². The van der Waals surface area contributed by atoms with Gasteiger partial charge in [-0.3, -0.25) is 14.5 Å². The average Bonchev–Trinajstić information content (AvgIpc) is 3.05. The molecule has 34 heavy (non-hydrogen) atoms. The van der Waals surface area contributed by atoms with E-state index in [-0.39, 0.29) is 34.1 Å². The Bertz CT molecular complexity index is 1340. The van der Waals surface area contributed by atoms with Gasteiger partial charge in [0.05, 0.1) is 30.0 Å². The van der Waals surface area contributed by atoms with E-state index in [2.05, 4.69) is 0 Å². The first kappa shape index (κ1) is 22.9. The zero-order chi connectivity index (χ0) is 24.7. The first-order chi connectivity index (χ1) is 16.1. The molecule has 7 nitrogen and oxygen atoms in total. The molecule has 3 aromatic carbocycles. The van der Waals surface area contributed by atoms with Gasteiger partial charge >= 0.3 is 0 Å². The molecule has 0 saturated carbocycles. The first-order valence-corrected chi connectivity index (χ1v) is 10.7. The Morgan fingerprint density at radius 1 is 0.912 bits per heavy atom. The molecule has 0 aromatic heterocycles. The van der Waals surface area contributed by atoms with Crippen LogP contribution in [-0.4, -0.2) is 34.1 Å². The number of ether oxygens (including phenoxy) is 1. The number of aliphatic hydroxyl groups is 1. The second-order valence-corrected chi connectivity index (χ2v) is 8.42. The highest BCUT2D eigenvalue weighted by Gasteiger charge is 2.48. The predicted molar refractivity (Wildman–Crippen MR) is 128 cm³/mol. The predicted octanol–water partition coefficient (Wildman–Crippen LogP) is 4.66. The number of amides is 1. The molecule has 3 aromatic rings. The second kappa shape index (κ2) is 8.59. The average molecular weight is 459 g/mol. The van der Waals surface area contributed by atoms with E-state index in [1.54, 1.807) is 37.3 Å². The molecular weight excluding hydrogens is 434 g/mol. The molecule has 3 N–H and O–H groups in total. The number of aryl methyl sites for hydroxylation is 3. The molecule has 4 rings (SSSR count). The van der Waals surface area contributed by atoms with Crippen LogP contribution < -0.4 is 9.64 Å². The van der Waals surface area contributed by atoms with E-state index in [0.29, 0.717) is 11.3 Å². The molecule has 7 heteroatoms. The number of nitrogens with zero attached hydrogens (tertiary/aromatic N) is 1. The third-order valence-electron chi connectivity index (χ3n) is 5.92. The normalized spacial score (nSPS) is 17.3. The van der Waals surface area contributed by atoms with Gasteiger partial charge in [0.25, 0.3) is 11.7 Å². The van der Waals surface area contributed by atoms with Crippen LogP contribution in [-0.2, 0) is 9.59 Å². The smallest absolute Gasteiger partial charge is 0.300 e.